The summed E-state index contributed by atoms with van der Waals surface area (Å²) >= 11 is 0. The molecular weight excluding hydrogens is 194 g/mol. The van der Waals surface area contributed by atoms with E-state index in [2.05, 4.69) is 0 Å². The maximum absolute atomic E-state index is 5.61. The first-order chi connectivity index (χ1) is 7.30. The van der Waals surface area contributed by atoms with Gasteiger partial charge in [-0.15, -0.1) is 0 Å². The summed E-state index contributed by atoms with van der Waals surface area (Å²) in [5.74, 6) is 1.46. The molecule has 0 aliphatic carbocycles. The van der Waals surface area contributed by atoms with E-state index in [0.717, 1.165) is 22.6 Å². The fraction of sp³-hybridized carbons (Fsp3) is 0.455. The van der Waals surface area contributed by atoms with Crippen molar-refractivity contribution in [1.29, 1.82) is 0 Å². The highest BCUT2D eigenvalue weighted by Gasteiger charge is 2.24. The summed E-state index contributed by atoms with van der Waals surface area (Å²) in [6.45, 7) is 1.08. The molecular formula is C11H15NO3. The van der Waals surface area contributed by atoms with E-state index in [1.165, 1.54) is 0 Å². The van der Waals surface area contributed by atoms with E-state index in [1.807, 2.05) is 12.1 Å². The van der Waals surface area contributed by atoms with Gasteiger partial charge >= 0.3 is 0 Å². The zero-order valence-corrected chi connectivity index (χ0v) is 8.95. The van der Waals surface area contributed by atoms with Crippen LogP contribution in [0.1, 0.15) is 17.2 Å². The molecule has 0 fully saturated rings. The minimum absolute atomic E-state index is 0.0141. The van der Waals surface area contributed by atoms with Crippen molar-refractivity contribution in [2.45, 2.75) is 12.7 Å². The van der Waals surface area contributed by atoms with Crippen LogP contribution in [0, 0.1) is 0 Å². The van der Waals surface area contributed by atoms with Gasteiger partial charge < -0.3 is 19.9 Å². The van der Waals surface area contributed by atoms with E-state index in [1.54, 1.807) is 14.2 Å². The molecule has 0 aromatic heterocycles. The smallest absolute Gasteiger partial charge is 0.161 e. The van der Waals surface area contributed by atoms with Crippen molar-refractivity contribution in [2.75, 3.05) is 20.8 Å². The van der Waals surface area contributed by atoms with E-state index in [4.69, 9.17) is 19.9 Å². The predicted octanol–water partition coefficient (Wildman–Crippen LogP) is 1.23. The Bertz CT molecular complexity index is 365. The van der Waals surface area contributed by atoms with E-state index >= 15 is 0 Å². The summed E-state index contributed by atoms with van der Waals surface area (Å²) in [6.07, 6.45) is -0.0141. The van der Waals surface area contributed by atoms with Gasteiger partial charge in [-0.25, -0.2) is 0 Å². The Morgan fingerprint density at radius 1 is 1.33 bits per heavy atom. The summed E-state index contributed by atoms with van der Waals surface area (Å²) in [5, 5.41) is 0. The highest BCUT2D eigenvalue weighted by Crippen LogP contribution is 2.38. The molecule has 0 radical (unpaired) electrons. The number of ether oxygens (including phenoxy) is 3. The Kier molecular flexibility index (Phi) is 2.79. The normalized spacial score (nSPS) is 18.7. The van der Waals surface area contributed by atoms with E-state index < -0.39 is 0 Å². The number of nitrogens with two attached hydrogens (primary N) is 1. The molecule has 82 valence electrons. The lowest BCUT2D eigenvalue weighted by Gasteiger charge is -2.11. The van der Waals surface area contributed by atoms with Crippen LogP contribution in [0.15, 0.2) is 12.1 Å². The van der Waals surface area contributed by atoms with Gasteiger partial charge in [-0.2, -0.15) is 0 Å². The predicted molar refractivity (Wildman–Crippen MR) is 56.1 cm³/mol. The molecule has 4 heteroatoms. The van der Waals surface area contributed by atoms with Gasteiger partial charge in [0.1, 0.15) is 0 Å². The first-order valence-electron chi connectivity index (χ1n) is 4.86. The lowest BCUT2D eigenvalue weighted by molar-refractivity contribution is 0.0723. The van der Waals surface area contributed by atoms with E-state index in [9.17, 15) is 0 Å². The van der Waals surface area contributed by atoms with Crippen molar-refractivity contribution >= 4 is 0 Å². The van der Waals surface area contributed by atoms with Crippen LogP contribution in [0.4, 0.5) is 0 Å². The van der Waals surface area contributed by atoms with Crippen LogP contribution in [-0.2, 0) is 11.3 Å². The third kappa shape index (κ3) is 1.66. The Hall–Kier alpha value is -1.26. The van der Waals surface area contributed by atoms with Crippen LogP contribution in [0.25, 0.3) is 0 Å². The second-order valence-corrected chi connectivity index (χ2v) is 3.44. The number of fused-ring (bicyclic) bond motifs is 1. The van der Waals surface area contributed by atoms with Gasteiger partial charge in [0.25, 0.3) is 0 Å². The molecule has 2 N–H and O–H groups in total. The zero-order valence-electron chi connectivity index (χ0n) is 8.95. The summed E-state index contributed by atoms with van der Waals surface area (Å²) < 4.78 is 16.0. The van der Waals surface area contributed by atoms with Crippen molar-refractivity contribution in [3.8, 4) is 11.5 Å². The maximum atomic E-state index is 5.61. The minimum atomic E-state index is -0.0141. The molecule has 1 aromatic carbocycles. The van der Waals surface area contributed by atoms with Crippen molar-refractivity contribution in [2.24, 2.45) is 5.73 Å². The summed E-state index contributed by atoms with van der Waals surface area (Å²) in [5.41, 5.74) is 7.85. The molecule has 0 bridgehead atoms. The van der Waals surface area contributed by atoms with Gasteiger partial charge in [0.15, 0.2) is 11.5 Å². The number of benzene rings is 1. The van der Waals surface area contributed by atoms with Crippen LogP contribution in [0.5, 0.6) is 11.5 Å². The monoisotopic (exact) mass is 209 g/mol. The van der Waals surface area contributed by atoms with Gasteiger partial charge in [0, 0.05) is 6.54 Å². The van der Waals surface area contributed by atoms with Crippen LogP contribution in [0.3, 0.4) is 0 Å². The average Bonchev–Trinajstić information content (AvgIpc) is 2.68. The minimum Gasteiger partial charge on any atom is -0.493 e. The highest BCUT2D eigenvalue weighted by atomic mass is 16.5. The molecule has 1 heterocycles. The van der Waals surface area contributed by atoms with E-state index in [0.29, 0.717) is 13.2 Å². The molecule has 2 rings (SSSR count). The van der Waals surface area contributed by atoms with Crippen LogP contribution in [-0.4, -0.2) is 20.8 Å². The SMILES string of the molecule is COc1cc2c(cc1OC)C(CN)OC2. The first-order valence-corrected chi connectivity index (χ1v) is 4.86. The van der Waals surface area contributed by atoms with Gasteiger partial charge in [-0.3, -0.25) is 0 Å². The number of hydrogen-bond acceptors (Lipinski definition) is 4. The molecule has 1 aromatic rings. The van der Waals surface area contributed by atoms with Crippen molar-refractivity contribution < 1.29 is 14.2 Å². The Morgan fingerprint density at radius 3 is 2.60 bits per heavy atom. The van der Waals surface area contributed by atoms with Crippen LogP contribution >= 0.6 is 0 Å². The molecule has 0 saturated heterocycles. The van der Waals surface area contributed by atoms with Crippen molar-refractivity contribution in [1.82, 2.24) is 0 Å². The average molecular weight is 209 g/mol. The first kappa shape index (κ1) is 10.3. The second kappa shape index (κ2) is 4.08. The summed E-state index contributed by atoms with van der Waals surface area (Å²) in [6, 6.07) is 3.89. The lowest BCUT2D eigenvalue weighted by Crippen LogP contribution is -2.11. The molecule has 1 aliphatic rings. The molecule has 0 amide bonds. The molecule has 0 saturated carbocycles. The fourth-order valence-electron chi connectivity index (χ4n) is 1.84. The van der Waals surface area contributed by atoms with Gasteiger partial charge in [-0.1, -0.05) is 0 Å². The number of hydrogen-bond donors (Lipinski definition) is 1. The van der Waals surface area contributed by atoms with Gasteiger partial charge in [-0.05, 0) is 23.3 Å². The van der Waals surface area contributed by atoms with Crippen molar-refractivity contribution in [3.05, 3.63) is 23.3 Å². The molecule has 15 heavy (non-hydrogen) atoms. The molecule has 1 aliphatic heterocycles. The highest BCUT2D eigenvalue weighted by molar-refractivity contribution is 5.49. The second-order valence-electron chi connectivity index (χ2n) is 3.44. The van der Waals surface area contributed by atoms with Gasteiger partial charge in [0.05, 0.1) is 26.9 Å². The Morgan fingerprint density at radius 2 is 2.00 bits per heavy atom. The third-order valence-electron chi connectivity index (χ3n) is 2.65. The molecule has 4 nitrogen and oxygen atoms in total. The molecule has 1 unspecified atom stereocenters. The standard InChI is InChI=1S/C11H15NO3/c1-13-9-3-7-6-15-11(5-12)8(7)4-10(9)14-2/h3-4,11H,5-6,12H2,1-2H3. The largest absolute Gasteiger partial charge is 0.493 e. The summed E-state index contributed by atoms with van der Waals surface area (Å²) in [7, 11) is 3.25. The van der Waals surface area contributed by atoms with Crippen molar-refractivity contribution in [3.63, 3.8) is 0 Å². The number of rotatable bonds is 3. The third-order valence-corrected chi connectivity index (χ3v) is 2.65. The Balaban J connectivity index is 2.44. The molecule has 0 spiro atoms. The van der Waals surface area contributed by atoms with Crippen LogP contribution in [0.2, 0.25) is 0 Å². The van der Waals surface area contributed by atoms with Crippen LogP contribution < -0.4 is 15.2 Å². The summed E-state index contributed by atoms with van der Waals surface area (Å²) in [4.78, 5) is 0. The lowest BCUT2D eigenvalue weighted by atomic mass is 10.0. The number of methoxy groups -OCH3 is 2. The maximum Gasteiger partial charge on any atom is 0.161 e. The van der Waals surface area contributed by atoms with E-state index in [-0.39, 0.29) is 6.10 Å². The fourth-order valence-corrected chi connectivity index (χ4v) is 1.84. The quantitative estimate of drug-likeness (QED) is 0.813. The Labute approximate surface area is 88.9 Å². The molecule has 1 atom stereocenters. The zero-order chi connectivity index (χ0) is 10.8. The van der Waals surface area contributed by atoms with Gasteiger partial charge in [0.2, 0.25) is 0 Å². The topological polar surface area (TPSA) is 53.7 Å².